The summed E-state index contributed by atoms with van der Waals surface area (Å²) in [6.45, 7) is 5.28. The lowest BCUT2D eigenvalue weighted by atomic mass is 10.1. The second kappa shape index (κ2) is 5.87. The van der Waals surface area contributed by atoms with E-state index < -0.39 is 0 Å². The van der Waals surface area contributed by atoms with Gasteiger partial charge in [0.25, 0.3) is 5.56 Å². The van der Waals surface area contributed by atoms with Gasteiger partial charge >= 0.3 is 0 Å². The second-order valence-electron chi connectivity index (χ2n) is 5.87. The summed E-state index contributed by atoms with van der Waals surface area (Å²) < 4.78 is 0. The molecule has 1 aliphatic carbocycles. The van der Waals surface area contributed by atoms with Crippen molar-refractivity contribution in [3.8, 4) is 0 Å². The van der Waals surface area contributed by atoms with Crippen LogP contribution in [0, 0.1) is 19.8 Å². The minimum Gasteiger partial charge on any atom is -0.393 e. The highest BCUT2D eigenvalue weighted by atomic mass is 32.1. The van der Waals surface area contributed by atoms with Gasteiger partial charge in [0.2, 0.25) is 0 Å². The van der Waals surface area contributed by atoms with E-state index in [2.05, 4.69) is 15.3 Å². The maximum atomic E-state index is 12.1. The Morgan fingerprint density at radius 2 is 2.24 bits per heavy atom. The molecule has 21 heavy (non-hydrogen) atoms. The van der Waals surface area contributed by atoms with E-state index in [1.165, 1.54) is 0 Å². The van der Waals surface area contributed by atoms with Gasteiger partial charge in [-0.15, -0.1) is 11.3 Å². The van der Waals surface area contributed by atoms with Crippen LogP contribution in [0.1, 0.15) is 35.5 Å². The zero-order chi connectivity index (χ0) is 15.0. The molecule has 0 saturated heterocycles. The highest BCUT2D eigenvalue weighted by molar-refractivity contribution is 7.18. The minimum atomic E-state index is -0.186. The van der Waals surface area contributed by atoms with Gasteiger partial charge in [-0.3, -0.25) is 4.79 Å². The molecule has 0 aromatic carbocycles. The van der Waals surface area contributed by atoms with E-state index in [1.54, 1.807) is 11.3 Å². The first-order chi connectivity index (χ1) is 10.1. The molecule has 0 aliphatic heterocycles. The zero-order valence-electron chi connectivity index (χ0n) is 12.4. The van der Waals surface area contributed by atoms with Crippen LogP contribution >= 0.6 is 11.3 Å². The normalized spacial score (nSPS) is 22.2. The summed E-state index contributed by atoms with van der Waals surface area (Å²) in [5.74, 6) is 0.993. The number of fused-ring (bicyclic) bond motifs is 1. The molecule has 2 aromatic rings. The predicted molar refractivity (Wildman–Crippen MR) is 84.8 cm³/mol. The van der Waals surface area contributed by atoms with Gasteiger partial charge in [0.1, 0.15) is 10.7 Å². The Morgan fingerprint density at radius 1 is 1.43 bits per heavy atom. The highest BCUT2D eigenvalue weighted by Gasteiger charge is 2.24. The van der Waals surface area contributed by atoms with Crippen LogP contribution in [0.25, 0.3) is 10.2 Å². The van der Waals surface area contributed by atoms with Crippen molar-refractivity contribution in [3.05, 3.63) is 26.6 Å². The van der Waals surface area contributed by atoms with E-state index in [4.69, 9.17) is 0 Å². The molecule has 1 aliphatic rings. The molecule has 114 valence electrons. The minimum absolute atomic E-state index is 0.0560. The number of rotatable bonds is 4. The number of aromatic nitrogens is 2. The van der Waals surface area contributed by atoms with Crippen LogP contribution in [-0.2, 0) is 6.54 Å². The lowest BCUT2D eigenvalue weighted by Gasteiger charge is -2.14. The zero-order valence-corrected chi connectivity index (χ0v) is 13.2. The van der Waals surface area contributed by atoms with Crippen molar-refractivity contribution in [1.82, 2.24) is 15.3 Å². The molecule has 0 spiro atoms. The quantitative estimate of drug-likeness (QED) is 0.805. The fourth-order valence-electron chi connectivity index (χ4n) is 3.01. The molecule has 1 saturated carbocycles. The molecule has 2 aromatic heterocycles. The van der Waals surface area contributed by atoms with E-state index in [9.17, 15) is 9.90 Å². The second-order valence-corrected chi connectivity index (χ2v) is 7.07. The van der Waals surface area contributed by atoms with Gasteiger partial charge in [-0.25, -0.2) is 4.98 Å². The highest BCUT2D eigenvalue weighted by Crippen LogP contribution is 2.26. The summed E-state index contributed by atoms with van der Waals surface area (Å²) in [6.07, 6.45) is 2.89. The number of hydrogen-bond acceptors (Lipinski definition) is 5. The van der Waals surface area contributed by atoms with Crippen molar-refractivity contribution in [2.45, 2.75) is 45.8 Å². The monoisotopic (exact) mass is 307 g/mol. The first kappa shape index (κ1) is 14.7. The SMILES string of the molecule is Cc1sc2nc(CNCC3CCCC3O)[nH]c(=O)c2c1C. The smallest absolute Gasteiger partial charge is 0.259 e. The van der Waals surface area contributed by atoms with Crippen molar-refractivity contribution in [2.75, 3.05) is 6.54 Å². The Hall–Kier alpha value is -1.24. The maximum Gasteiger partial charge on any atom is 0.259 e. The molecule has 3 N–H and O–H groups in total. The van der Waals surface area contributed by atoms with Gasteiger partial charge in [-0.2, -0.15) is 0 Å². The molecule has 2 atom stereocenters. The lowest BCUT2D eigenvalue weighted by Crippen LogP contribution is -2.28. The molecule has 3 rings (SSSR count). The van der Waals surface area contributed by atoms with Crippen LogP contribution < -0.4 is 10.9 Å². The van der Waals surface area contributed by atoms with E-state index in [0.29, 0.717) is 23.7 Å². The molecule has 0 bridgehead atoms. The standard InChI is InChI=1S/C15H21N3O2S/c1-8-9(2)21-15-13(8)14(20)17-12(18-15)7-16-6-10-4-3-5-11(10)19/h10-11,16,19H,3-7H2,1-2H3,(H,17,18,20). The van der Waals surface area contributed by atoms with Gasteiger partial charge in [-0.1, -0.05) is 6.42 Å². The number of aliphatic hydroxyl groups excluding tert-OH is 1. The Morgan fingerprint density at radius 3 is 2.95 bits per heavy atom. The van der Waals surface area contributed by atoms with Crippen molar-refractivity contribution < 1.29 is 5.11 Å². The van der Waals surface area contributed by atoms with Gasteiger partial charge < -0.3 is 15.4 Å². The summed E-state index contributed by atoms with van der Waals surface area (Å²) in [5.41, 5.74) is 0.969. The first-order valence-corrected chi connectivity index (χ1v) is 8.25. The van der Waals surface area contributed by atoms with Crippen molar-refractivity contribution in [1.29, 1.82) is 0 Å². The molecule has 6 heteroatoms. The molecule has 1 fully saturated rings. The topological polar surface area (TPSA) is 78.0 Å². The number of hydrogen-bond donors (Lipinski definition) is 3. The number of nitrogens with zero attached hydrogens (tertiary/aromatic N) is 1. The number of H-pyrrole nitrogens is 1. The number of aromatic amines is 1. The molecular weight excluding hydrogens is 286 g/mol. The average Bonchev–Trinajstić information content (AvgIpc) is 2.95. The van der Waals surface area contributed by atoms with Crippen LogP contribution in [0.4, 0.5) is 0 Å². The number of aryl methyl sites for hydroxylation is 2. The molecule has 0 amide bonds. The fourth-order valence-corrected chi connectivity index (χ4v) is 4.06. The Kier molecular flexibility index (Phi) is 4.10. The Bertz CT molecular complexity index is 707. The van der Waals surface area contributed by atoms with E-state index in [0.717, 1.165) is 41.1 Å². The average molecular weight is 307 g/mol. The van der Waals surface area contributed by atoms with E-state index in [-0.39, 0.29) is 11.7 Å². The van der Waals surface area contributed by atoms with Crippen LogP contribution in [-0.4, -0.2) is 27.7 Å². The van der Waals surface area contributed by atoms with Crippen molar-refractivity contribution >= 4 is 21.6 Å². The summed E-state index contributed by atoms with van der Waals surface area (Å²) in [5, 5.41) is 13.8. The predicted octanol–water partition coefficient (Wildman–Crippen LogP) is 1.85. The van der Waals surface area contributed by atoms with Crippen LogP contribution in [0.3, 0.4) is 0 Å². The first-order valence-electron chi connectivity index (χ1n) is 7.44. The summed E-state index contributed by atoms with van der Waals surface area (Å²) in [6, 6.07) is 0. The molecular formula is C15H21N3O2S. The van der Waals surface area contributed by atoms with Crippen molar-refractivity contribution in [2.24, 2.45) is 5.92 Å². The molecule has 5 nitrogen and oxygen atoms in total. The molecule has 2 heterocycles. The summed E-state index contributed by atoms with van der Waals surface area (Å²) in [7, 11) is 0. The number of thiophene rings is 1. The van der Waals surface area contributed by atoms with Crippen molar-refractivity contribution in [3.63, 3.8) is 0 Å². The third-order valence-electron chi connectivity index (χ3n) is 4.41. The van der Waals surface area contributed by atoms with Crippen LogP contribution in [0.2, 0.25) is 0 Å². The van der Waals surface area contributed by atoms with Gasteiger partial charge in [0.15, 0.2) is 0 Å². The van der Waals surface area contributed by atoms with Gasteiger partial charge in [0.05, 0.1) is 18.0 Å². The lowest BCUT2D eigenvalue weighted by molar-refractivity contribution is 0.131. The molecule has 2 unspecified atom stereocenters. The summed E-state index contributed by atoms with van der Waals surface area (Å²) >= 11 is 1.57. The largest absolute Gasteiger partial charge is 0.393 e. The molecule has 0 radical (unpaired) electrons. The van der Waals surface area contributed by atoms with E-state index >= 15 is 0 Å². The fraction of sp³-hybridized carbons (Fsp3) is 0.600. The third kappa shape index (κ3) is 2.88. The van der Waals surface area contributed by atoms with E-state index in [1.807, 2.05) is 13.8 Å². The van der Waals surface area contributed by atoms with Crippen LogP contribution in [0.5, 0.6) is 0 Å². The third-order valence-corrected chi connectivity index (χ3v) is 5.51. The summed E-state index contributed by atoms with van der Waals surface area (Å²) in [4.78, 5) is 21.5. The maximum absolute atomic E-state index is 12.1. The van der Waals surface area contributed by atoms with Gasteiger partial charge in [0, 0.05) is 11.4 Å². The van der Waals surface area contributed by atoms with Gasteiger partial charge in [-0.05, 0) is 38.2 Å². The van der Waals surface area contributed by atoms with Crippen LogP contribution in [0.15, 0.2) is 4.79 Å². The number of nitrogens with one attached hydrogen (secondary N) is 2. The Balaban J connectivity index is 1.71. The number of aliphatic hydroxyl groups is 1. The Labute approximate surface area is 127 Å².